The van der Waals surface area contributed by atoms with Crippen molar-refractivity contribution >= 4 is 5.82 Å². The molecule has 15 heavy (non-hydrogen) atoms. The van der Waals surface area contributed by atoms with Gasteiger partial charge in [0.15, 0.2) is 11.6 Å². The predicted molar refractivity (Wildman–Crippen MR) is 60.3 cm³/mol. The topological polar surface area (TPSA) is 37.0 Å². The van der Waals surface area contributed by atoms with Crippen LogP contribution in [0.15, 0.2) is 12.3 Å². The molecule has 84 valence electrons. The number of hydrogen-bond acceptors (Lipinski definition) is 3. The second-order valence-corrected chi connectivity index (χ2v) is 4.54. The van der Waals surface area contributed by atoms with Gasteiger partial charge in [0, 0.05) is 23.8 Å². The van der Waals surface area contributed by atoms with E-state index >= 15 is 0 Å². The zero-order valence-electron chi connectivity index (χ0n) is 9.69. The molecule has 0 saturated carbocycles. The summed E-state index contributed by atoms with van der Waals surface area (Å²) in [6.45, 7) is 6.42. The molecule has 0 spiro atoms. The lowest BCUT2D eigenvalue weighted by Crippen LogP contribution is -2.27. The summed E-state index contributed by atoms with van der Waals surface area (Å²) >= 11 is 0. The molecule has 1 heterocycles. The summed E-state index contributed by atoms with van der Waals surface area (Å²) < 4.78 is 13.8. The van der Waals surface area contributed by atoms with Crippen LogP contribution in [-0.4, -0.2) is 17.6 Å². The fraction of sp³-hybridized carbons (Fsp3) is 0.545. The number of nitrogens with one attached hydrogen (secondary N) is 2. The molecule has 0 amide bonds. The Morgan fingerprint density at radius 1 is 1.40 bits per heavy atom. The number of aromatic nitrogens is 1. The van der Waals surface area contributed by atoms with E-state index in [4.69, 9.17) is 0 Å². The number of halogens is 1. The summed E-state index contributed by atoms with van der Waals surface area (Å²) in [7, 11) is 1.79. The van der Waals surface area contributed by atoms with Crippen LogP contribution in [0.3, 0.4) is 0 Å². The van der Waals surface area contributed by atoms with Crippen LogP contribution in [0, 0.1) is 5.82 Å². The van der Waals surface area contributed by atoms with Crippen LogP contribution < -0.4 is 10.6 Å². The molecule has 0 unspecified atom stereocenters. The van der Waals surface area contributed by atoms with E-state index in [1.165, 1.54) is 0 Å². The van der Waals surface area contributed by atoms with Crippen molar-refractivity contribution in [2.75, 3.05) is 12.4 Å². The van der Waals surface area contributed by atoms with Crippen molar-refractivity contribution in [3.8, 4) is 0 Å². The van der Waals surface area contributed by atoms with Gasteiger partial charge in [-0.15, -0.1) is 0 Å². The molecule has 1 aromatic heterocycles. The highest BCUT2D eigenvalue weighted by Gasteiger charge is 2.15. The molecule has 0 aliphatic heterocycles. The van der Waals surface area contributed by atoms with Crippen LogP contribution in [0.5, 0.6) is 0 Å². The minimum atomic E-state index is -0.276. The SMILES string of the molecule is CNCc1ccnc(NC(C)(C)C)c1F. The first-order chi connectivity index (χ1) is 6.94. The highest BCUT2D eigenvalue weighted by atomic mass is 19.1. The number of nitrogens with zero attached hydrogens (tertiary/aromatic N) is 1. The molecule has 0 aromatic carbocycles. The number of hydrogen-bond donors (Lipinski definition) is 2. The highest BCUT2D eigenvalue weighted by Crippen LogP contribution is 2.18. The fourth-order valence-electron chi connectivity index (χ4n) is 1.25. The Morgan fingerprint density at radius 2 is 2.07 bits per heavy atom. The predicted octanol–water partition coefficient (Wildman–Crippen LogP) is 2.15. The molecule has 1 aromatic rings. The average Bonchev–Trinajstić information content (AvgIpc) is 2.10. The van der Waals surface area contributed by atoms with E-state index < -0.39 is 0 Å². The molecule has 0 fully saturated rings. The summed E-state index contributed by atoms with van der Waals surface area (Å²) in [4.78, 5) is 3.99. The van der Waals surface area contributed by atoms with Gasteiger partial charge in [-0.05, 0) is 33.9 Å². The number of pyridine rings is 1. The molecule has 2 N–H and O–H groups in total. The summed E-state index contributed by atoms with van der Waals surface area (Å²) in [6.07, 6.45) is 1.61. The van der Waals surface area contributed by atoms with Crippen LogP contribution in [0.25, 0.3) is 0 Å². The fourth-order valence-corrected chi connectivity index (χ4v) is 1.25. The van der Waals surface area contributed by atoms with Gasteiger partial charge in [-0.2, -0.15) is 0 Å². The smallest absolute Gasteiger partial charge is 0.169 e. The average molecular weight is 211 g/mol. The van der Waals surface area contributed by atoms with Gasteiger partial charge in [-0.3, -0.25) is 0 Å². The normalized spacial score (nSPS) is 11.5. The van der Waals surface area contributed by atoms with Gasteiger partial charge < -0.3 is 10.6 Å². The van der Waals surface area contributed by atoms with Crippen LogP contribution >= 0.6 is 0 Å². The second kappa shape index (κ2) is 4.57. The van der Waals surface area contributed by atoms with Crippen LogP contribution in [0.1, 0.15) is 26.3 Å². The van der Waals surface area contributed by atoms with Crippen LogP contribution in [-0.2, 0) is 6.54 Å². The van der Waals surface area contributed by atoms with Gasteiger partial charge in [0.2, 0.25) is 0 Å². The Hall–Kier alpha value is -1.16. The monoisotopic (exact) mass is 211 g/mol. The van der Waals surface area contributed by atoms with Crippen LogP contribution in [0.4, 0.5) is 10.2 Å². The summed E-state index contributed by atoms with van der Waals surface area (Å²) in [5.41, 5.74) is 0.436. The maximum atomic E-state index is 13.8. The lowest BCUT2D eigenvalue weighted by atomic mass is 10.1. The van der Waals surface area contributed by atoms with Crippen molar-refractivity contribution in [3.05, 3.63) is 23.6 Å². The molecular weight excluding hydrogens is 193 g/mol. The first-order valence-electron chi connectivity index (χ1n) is 5.00. The third kappa shape index (κ3) is 3.47. The molecule has 4 heteroatoms. The van der Waals surface area contributed by atoms with E-state index in [9.17, 15) is 4.39 Å². The summed E-state index contributed by atoms with van der Waals surface area (Å²) in [5.74, 6) is 0.0389. The zero-order valence-corrected chi connectivity index (χ0v) is 9.69. The molecule has 0 atom stereocenters. The van der Waals surface area contributed by atoms with Gasteiger partial charge in [0.25, 0.3) is 0 Å². The largest absolute Gasteiger partial charge is 0.363 e. The lowest BCUT2D eigenvalue weighted by Gasteiger charge is -2.22. The maximum absolute atomic E-state index is 13.8. The maximum Gasteiger partial charge on any atom is 0.169 e. The van der Waals surface area contributed by atoms with E-state index in [0.29, 0.717) is 17.9 Å². The zero-order chi connectivity index (χ0) is 11.5. The highest BCUT2D eigenvalue weighted by molar-refractivity contribution is 5.41. The van der Waals surface area contributed by atoms with E-state index in [-0.39, 0.29) is 11.4 Å². The van der Waals surface area contributed by atoms with E-state index in [0.717, 1.165) is 0 Å². The Bertz CT molecular complexity index is 331. The lowest BCUT2D eigenvalue weighted by molar-refractivity contribution is 0.575. The van der Waals surface area contributed by atoms with E-state index in [1.54, 1.807) is 19.3 Å². The molecular formula is C11H18FN3. The Kier molecular flexibility index (Phi) is 3.63. The molecule has 0 bridgehead atoms. The van der Waals surface area contributed by atoms with Gasteiger partial charge in [0.1, 0.15) is 0 Å². The quantitative estimate of drug-likeness (QED) is 0.804. The van der Waals surface area contributed by atoms with Gasteiger partial charge in [0.05, 0.1) is 0 Å². The van der Waals surface area contributed by atoms with Gasteiger partial charge in [-0.25, -0.2) is 9.37 Å². The van der Waals surface area contributed by atoms with Crippen molar-refractivity contribution in [1.29, 1.82) is 0 Å². The molecule has 0 aliphatic carbocycles. The molecule has 3 nitrogen and oxygen atoms in total. The van der Waals surface area contributed by atoms with Gasteiger partial charge >= 0.3 is 0 Å². The second-order valence-electron chi connectivity index (χ2n) is 4.54. The summed E-state index contributed by atoms with van der Waals surface area (Å²) in [6, 6.07) is 1.68. The minimum Gasteiger partial charge on any atom is -0.363 e. The van der Waals surface area contributed by atoms with E-state index in [1.807, 2.05) is 20.8 Å². The summed E-state index contributed by atoms with van der Waals surface area (Å²) in [5, 5.41) is 5.95. The molecule has 0 saturated heterocycles. The Balaban J connectivity index is 2.94. The van der Waals surface area contributed by atoms with Crippen molar-refractivity contribution in [2.45, 2.75) is 32.9 Å². The van der Waals surface area contributed by atoms with Crippen molar-refractivity contribution < 1.29 is 4.39 Å². The first-order valence-corrected chi connectivity index (χ1v) is 5.00. The van der Waals surface area contributed by atoms with Crippen molar-refractivity contribution in [2.24, 2.45) is 0 Å². The van der Waals surface area contributed by atoms with E-state index in [2.05, 4.69) is 15.6 Å². The first kappa shape index (κ1) is 11.9. The third-order valence-corrected chi connectivity index (χ3v) is 1.83. The third-order valence-electron chi connectivity index (χ3n) is 1.83. The number of anilines is 1. The standard InChI is InChI=1S/C11H18FN3/c1-11(2,3)15-10-9(12)8(7-13-4)5-6-14-10/h5-6,13H,7H2,1-4H3,(H,14,15). The van der Waals surface area contributed by atoms with Gasteiger partial charge in [-0.1, -0.05) is 0 Å². The molecule has 0 aliphatic rings. The number of rotatable bonds is 3. The minimum absolute atomic E-state index is 0.188. The Labute approximate surface area is 90.1 Å². The van der Waals surface area contributed by atoms with Crippen molar-refractivity contribution in [1.82, 2.24) is 10.3 Å². The molecule has 0 radical (unpaired) electrons. The van der Waals surface area contributed by atoms with Crippen molar-refractivity contribution in [3.63, 3.8) is 0 Å². The molecule has 1 rings (SSSR count). The van der Waals surface area contributed by atoms with Crippen LogP contribution in [0.2, 0.25) is 0 Å². The Morgan fingerprint density at radius 3 is 2.60 bits per heavy atom.